The first-order chi connectivity index (χ1) is 11.2. The lowest BCUT2D eigenvalue weighted by Crippen LogP contribution is -2.12. The smallest absolute Gasteiger partial charge is 0.255 e. The summed E-state index contributed by atoms with van der Waals surface area (Å²) >= 11 is 0. The second kappa shape index (κ2) is 8.83. The molecule has 2 aromatic rings. The van der Waals surface area contributed by atoms with Gasteiger partial charge in [0.15, 0.2) is 0 Å². The minimum absolute atomic E-state index is 0.174. The van der Waals surface area contributed by atoms with E-state index in [1.807, 2.05) is 36.4 Å². The molecule has 0 saturated carbocycles. The first-order valence-corrected chi connectivity index (χ1v) is 7.92. The molecule has 0 fully saturated rings. The fourth-order valence-electron chi connectivity index (χ4n) is 2.19. The Labute approximate surface area is 137 Å². The molecular weight excluding hydrogens is 290 g/mol. The van der Waals surface area contributed by atoms with Gasteiger partial charge in [-0.05, 0) is 42.8 Å². The summed E-state index contributed by atoms with van der Waals surface area (Å²) in [6.07, 6.45) is 3.39. The van der Waals surface area contributed by atoms with Gasteiger partial charge in [0.2, 0.25) is 0 Å². The Balaban J connectivity index is 1.94. The van der Waals surface area contributed by atoms with Gasteiger partial charge in [-0.2, -0.15) is 0 Å². The summed E-state index contributed by atoms with van der Waals surface area (Å²) in [4.78, 5) is 12.3. The third-order valence-corrected chi connectivity index (χ3v) is 3.49. The van der Waals surface area contributed by atoms with E-state index in [-0.39, 0.29) is 5.91 Å². The Morgan fingerprint density at radius 1 is 1.04 bits per heavy atom. The SMILES string of the molecule is CCCCCOc1ccc(C(=O)Nc2ccccc2OC)cc1. The van der Waals surface area contributed by atoms with Gasteiger partial charge in [0.25, 0.3) is 5.91 Å². The van der Waals surface area contributed by atoms with Crippen LogP contribution in [0.1, 0.15) is 36.5 Å². The van der Waals surface area contributed by atoms with Gasteiger partial charge in [-0.25, -0.2) is 0 Å². The van der Waals surface area contributed by atoms with E-state index >= 15 is 0 Å². The maximum absolute atomic E-state index is 12.3. The lowest BCUT2D eigenvalue weighted by Gasteiger charge is -2.10. The molecule has 4 nitrogen and oxygen atoms in total. The highest BCUT2D eigenvalue weighted by molar-refractivity contribution is 6.05. The molecule has 0 aliphatic rings. The fraction of sp³-hybridized carbons (Fsp3) is 0.316. The third kappa shape index (κ3) is 5.02. The molecule has 2 rings (SSSR count). The molecule has 0 saturated heterocycles. The normalized spacial score (nSPS) is 10.2. The molecule has 122 valence electrons. The van der Waals surface area contributed by atoms with Gasteiger partial charge in [0.05, 0.1) is 19.4 Å². The van der Waals surface area contributed by atoms with Crippen LogP contribution in [0.4, 0.5) is 5.69 Å². The van der Waals surface area contributed by atoms with Gasteiger partial charge in [-0.1, -0.05) is 31.9 Å². The monoisotopic (exact) mass is 313 g/mol. The zero-order valence-electron chi connectivity index (χ0n) is 13.7. The van der Waals surface area contributed by atoms with Crippen LogP contribution in [0.2, 0.25) is 0 Å². The predicted molar refractivity (Wildman–Crippen MR) is 92.4 cm³/mol. The maximum Gasteiger partial charge on any atom is 0.255 e. The second-order valence-electron chi connectivity index (χ2n) is 5.23. The molecule has 4 heteroatoms. The molecule has 0 aliphatic carbocycles. The lowest BCUT2D eigenvalue weighted by atomic mass is 10.2. The molecular formula is C19H23NO3. The number of carbonyl (C=O) groups excluding carboxylic acids is 1. The number of nitrogens with one attached hydrogen (secondary N) is 1. The standard InChI is InChI=1S/C19H23NO3/c1-3-4-7-14-23-16-12-10-15(11-13-16)19(21)20-17-8-5-6-9-18(17)22-2/h5-6,8-13H,3-4,7,14H2,1-2H3,(H,20,21). The molecule has 0 heterocycles. The summed E-state index contributed by atoms with van der Waals surface area (Å²) in [6, 6.07) is 14.5. The van der Waals surface area contributed by atoms with Crippen LogP contribution in [-0.4, -0.2) is 19.6 Å². The Hall–Kier alpha value is -2.49. The maximum atomic E-state index is 12.3. The minimum Gasteiger partial charge on any atom is -0.495 e. The van der Waals surface area contributed by atoms with E-state index < -0.39 is 0 Å². The Morgan fingerprint density at radius 2 is 1.78 bits per heavy atom. The number of hydrogen-bond donors (Lipinski definition) is 1. The largest absolute Gasteiger partial charge is 0.495 e. The Kier molecular flexibility index (Phi) is 6.48. The van der Waals surface area contributed by atoms with Crippen molar-refractivity contribution in [1.29, 1.82) is 0 Å². The van der Waals surface area contributed by atoms with Gasteiger partial charge in [0, 0.05) is 5.56 Å². The van der Waals surface area contributed by atoms with Crippen LogP contribution >= 0.6 is 0 Å². The number of rotatable bonds is 8. The zero-order valence-corrected chi connectivity index (χ0v) is 13.7. The van der Waals surface area contributed by atoms with Gasteiger partial charge in [-0.3, -0.25) is 4.79 Å². The van der Waals surface area contributed by atoms with Gasteiger partial charge in [-0.15, -0.1) is 0 Å². The number of anilines is 1. The van der Waals surface area contributed by atoms with E-state index in [1.165, 1.54) is 12.8 Å². The number of unbranched alkanes of at least 4 members (excludes halogenated alkanes) is 2. The quantitative estimate of drug-likeness (QED) is 0.729. The molecule has 0 spiro atoms. The molecule has 1 N–H and O–H groups in total. The summed E-state index contributed by atoms with van der Waals surface area (Å²) < 4.78 is 10.9. The van der Waals surface area contributed by atoms with Crippen LogP contribution in [0.5, 0.6) is 11.5 Å². The number of hydrogen-bond acceptors (Lipinski definition) is 3. The summed E-state index contributed by atoms with van der Waals surface area (Å²) in [5.41, 5.74) is 1.23. The molecule has 0 bridgehead atoms. The molecule has 0 aliphatic heterocycles. The zero-order chi connectivity index (χ0) is 16.5. The number of methoxy groups -OCH3 is 1. The van der Waals surface area contributed by atoms with Crippen LogP contribution in [0.15, 0.2) is 48.5 Å². The molecule has 0 atom stereocenters. The number of amides is 1. The van der Waals surface area contributed by atoms with Crippen molar-refractivity contribution in [3.8, 4) is 11.5 Å². The van der Waals surface area contributed by atoms with Crippen LogP contribution in [-0.2, 0) is 0 Å². The van der Waals surface area contributed by atoms with Crippen molar-refractivity contribution in [2.24, 2.45) is 0 Å². The first-order valence-electron chi connectivity index (χ1n) is 7.92. The molecule has 1 amide bonds. The number of para-hydroxylation sites is 2. The van der Waals surface area contributed by atoms with E-state index in [9.17, 15) is 4.79 Å². The second-order valence-corrected chi connectivity index (χ2v) is 5.23. The van der Waals surface area contributed by atoms with Crippen LogP contribution in [0.3, 0.4) is 0 Å². The summed E-state index contributed by atoms with van der Waals surface area (Å²) in [5, 5.41) is 2.85. The average molecular weight is 313 g/mol. The minimum atomic E-state index is -0.174. The van der Waals surface area contributed by atoms with Gasteiger partial charge < -0.3 is 14.8 Å². The topological polar surface area (TPSA) is 47.6 Å². The van der Waals surface area contributed by atoms with Crippen molar-refractivity contribution in [2.75, 3.05) is 19.0 Å². The number of benzene rings is 2. The Morgan fingerprint density at radius 3 is 2.48 bits per heavy atom. The molecule has 0 radical (unpaired) electrons. The van der Waals surface area contributed by atoms with E-state index in [1.54, 1.807) is 19.2 Å². The average Bonchev–Trinajstić information content (AvgIpc) is 2.59. The van der Waals surface area contributed by atoms with Crippen LogP contribution in [0, 0.1) is 0 Å². The van der Waals surface area contributed by atoms with Crippen LogP contribution in [0.25, 0.3) is 0 Å². The van der Waals surface area contributed by atoms with Crippen molar-refractivity contribution in [1.82, 2.24) is 0 Å². The fourth-order valence-corrected chi connectivity index (χ4v) is 2.19. The van der Waals surface area contributed by atoms with E-state index in [4.69, 9.17) is 9.47 Å². The van der Waals surface area contributed by atoms with Gasteiger partial charge in [0.1, 0.15) is 11.5 Å². The first kappa shape index (κ1) is 16.9. The number of carbonyl (C=O) groups is 1. The van der Waals surface area contributed by atoms with Gasteiger partial charge >= 0.3 is 0 Å². The highest BCUT2D eigenvalue weighted by Crippen LogP contribution is 2.24. The number of ether oxygens (including phenoxy) is 2. The van der Waals surface area contributed by atoms with Crippen LogP contribution < -0.4 is 14.8 Å². The third-order valence-electron chi connectivity index (χ3n) is 3.49. The highest BCUT2D eigenvalue weighted by atomic mass is 16.5. The van der Waals surface area contributed by atoms with Crippen molar-refractivity contribution >= 4 is 11.6 Å². The highest BCUT2D eigenvalue weighted by Gasteiger charge is 2.09. The molecule has 0 unspecified atom stereocenters. The van der Waals surface area contributed by atoms with Crippen molar-refractivity contribution in [3.63, 3.8) is 0 Å². The van der Waals surface area contributed by atoms with E-state index in [2.05, 4.69) is 12.2 Å². The van der Waals surface area contributed by atoms with Crippen molar-refractivity contribution in [2.45, 2.75) is 26.2 Å². The molecule has 2 aromatic carbocycles. The van der Waals surface area contributed by atoms with Crippen molar-refractivity contribution < 1.29 is 14.3 Å². The summed E-state index contributed by atoms with van der Waals surface area (Å²) in [7, 11) is 1.58. The van der Waals surface area contributed by atoms with E-state index in [0.29, 0.717) is 23.6 Å². The molecule has 23 heavy (non-hydrogen) atoms. The predicted octanol–water partition coefficient (Wildman–Crippen LogP) is 4.52. The van der Waals surface area contributed by atoms with Crippen molar-refractivity contribution in [3.05, 3.63) is 54.1 Å². The van der Waals surface area contributed by atoms with E-state index in [0.717, 1.165) is 12.2 Å². The Bertz CT molecular complexity index is 623. The summed E-state index contributed by atoms with van der Waals surface area (Å²) in [5.74, 6) is 1.25. The lowest BCUT2D eigenvalue weighted by molar-refractivity contribution is 0.102. The summed E-state index contributed by atoms with van der Waals surface area (Å²) in [6.45, 7) is 2.87. The molecule has 0 aromatic heterocycles.